The molecule has 2 aromatic rings. The van der Waals surface area contributed by atoms with Crippen LogP contribution in [0.15, 0.2) is 36.7 Å². The molecule has 0 radical (unpaired) electrons. The van der Waals surface area contributed by atoms with Crippen molar-refractivity contribution in [2.45, 2.75) is 18.9 Å². The summed E-state index contributed by atoms with van der Waals surface area (Å²) in [5.41, 5.74) is 0.622. The molecule has 1 aromatic heterocycles. The van der Waals surface area contributed by atoms with Gasteiger partial charge in [-0.15, -0.1) is 0 Å². The first-order valence-electron chi connectivity index (χ1n) is 7.74. The molecule has 1 aliphatic rings. The van der Waals surface area contributed by atoms with Crippen molar-refractivity contribution in [3.63, 3.8) is 0 Å². The number of carbonyl (C=O) groups excluding carboxylic acids is 1. The van der Waals surface area contributed by atoms with Gasteiger partial charge in [0.1, 0.15) is 6.10 Å². The van der Waals surface area contributed by atoms with Crippen LogP contribution in [0.1, 0.15) is 23.2 Å². The van der Waals surface area contributed by atoms with E-state index in [4.69, 9.17) is 21.1 Å². The molecule has 1 amide bonds. The third kappa shape index (κ3) is 3.76. The van der Waals surface area contributed by atoms with E-state index in [1.54, 1.807) is 41.6 Å². The molecule has 1 saturated heterocycles. The van der Waals surface area contributed by atoms with Gasteiger partial charge in [-0.1, -0.05) is 11.6 Å². The van der Waals surface area contributed by atoms with Crippen LogP contribution in [-0.2, 0) is 0 Å². The monoisotopic (exact) mass is 347 g/mol. The normalized spacial score (nSPS) is 17.4. The molecule has 0 saturated carbocycles. The second kappa shape index (κ2) is 7.49. The molecule has 0 N–H and O–H groups in total. The average Bonchev–Trinajstić information content (AvgIpc) is 2.62. The van der Waals surface area contributed by atoms with Crippen molar-refractivity contribution in [3.8, 4) is 11.8 Å². The Kier molecular flexibility index (Phi) is 5.15. The Balaban J connectivity index is 1.68. The van der Waals surface area contributed by atoms with Crippen LogP contribution in [0, 0.1) is 0 Å². The maximum atomic E-state index is 12.6. The van der Waals surface area contributed by atoms with Gasteiger partial charge in [0.25, 0.3) is 17.7 Å². The number of halogens is 1. The van der Waals surface area contributed by atoms with E-state index in [9.17, 15) is 4.79 Å². The highest BCUT2D eigenvalue weighted by molar-refractivity contribution is 6.30. The lowest BCUT2D eigenvalue weighted by molar-refractivity contribution is 0.0519. The van der Waals surface area contributed by atoms with Gasteiger partial charge in [0.05, 0.1) is 13.7 Å². The molecule has 6 nitrogen and oxygen atoms in total. The van der Waals surface area contributed by atoms with Crippen molar-refractivity contribution < 1.29 is 14.3 Å². The lowest BCUT2D eigenvalue weighted by atomic mass is 10.1. The van der Waals surface area contributed by atoms with E-state index in [0.29, 0.717) is 35.4 Å². The topological polar surface area (TPSA) is 64.6 Å². The van der Waals surface area contributed by atoms with Crippen LogP contribution in [0.3, 0.4) is 0 Å². The number of aromatic nitrogens is 2. The molecule has 3 rings (SSSR count). The van der Waals surface area contributed by atoms with Crippen molar-refractivity contribution in [2.24, 2.45) is 0 Å². The molecule has 1 fully saturated rings. The van der Waals surface area contributed by atoms with Gasteiger partial charge in [0, 0.05) is 29.5 Å². The van der Waals surface area contributed by atoms with E-state index in [2.05, 4.69) is 9.97 Å². The van der Waals surface area contributed by atoms with Crippen LogP contribution in [0.25, 0.3) is 0 Å². The maximum absolute atomic E-state index is 12.6. The highest BCUT2D eigenvalue weighted by atomic mass is 35.5. The van der Waals surface area contributed by atoms with Gasteiger partial charge < -0.3 is 14.4 Å². The minimum atomic E-state index is -0.138. The number of nitrogens with zero attached hydrogens (tertiary/aromatic N) is 3. The number of rotatable bonds is 4. The van der Waals surface area contributed by atoms with Crippen molar-refractivity contribution in [1.29, 1.82) is 0 Å². The predicted molar refractivity (Wildman–Crippen MR) is 89.6 cm³/mol. The fourth-order valence-corrected chi connectivity index (χ4v) is 2.81. The van der Waals surface area contributed by atoms with Gasteiger partial charge in [0.2, 0.25) is 0 Å². The van der Waals surface area contributed by atoms with Crippen LogP contribution < -0.4 is 9.47 Å². The van der Waals surface area contributed by atoms with Gasteiger partial charge in [0.15, 0.2) is 0 Å². The number of ether oxygens (including phenoxy) is 2. The molecule has 126 valence electrons. The first-order valence-corrected chi connectivity index (χ1v) is 8.11. The van der Waals surface area contributed by atoms with Gasteiger partial charge in [-0.05, 0) is 37.1 Å². The molecule has 1 aromatic carbocycles. The maximum Gasteiger partial charge on any atom is 0.278 e. The summed E-state index contributed by atoms with van der Waals surface area (Å²) in [5.74, 6) is 0.676. The fourth-order valence-electron chi connectivity index (χ4n) is 2.69. The zero-order valence-electron chi connectivity index (χ0n) is 13.3. The van der Waals surface area contributed by atoms with E-state index in [0.717, 1.165) is 12.8 Å². The second-order valence-electron chi connectivity index (χ2n) is 5.51. The number of hydrogen-bond donors (Lipinski definition) is 0. The highest BCUT2D eigenvalue weighted by Gasteiger charge is 2.26. The number of amides is 1. The predicted octanol–water partition coefficient (Wildman–Crippen LogP) is 2.82. The summed E-state index contributed by atoms with van der Waals surface area (Å²) in [7, 11) is 1.52. The Morgan fingerprint density at radius 2 is 1.92 bits per heavy atom. The largest absolute Gasteiger partial charge is 0.477 e. The summed E-state index contributed by atoms with van der Waals surface area (Å²) >= 11 is 5.87. The third-order valence-electron chi connectivity index (χ3n) is 3.86. The molecular formula is C17H18ClN3O3. The van der Waals surface area contributed by atoms with E-state index >= 15 is 0 Å². The SMILES string of the molecule is COc1nccnc1OC1CCCN(C(=O)c2ccc(Cl)cc2)C1. The quantitative estimate of drug-likeness (QED) is 0.851. The Morgan fingerprint density at radius 3 is 2.62 bits per heavy atom. The summed E-state index contributed by atoms with van der Waals surface area (Å²) in [5, 5.41) is 0.612. The second-order valence-corrected chi connectivity index (χ2v) is 5.95. The van der Waals surface area contributed by atoms with E-state index < -0.39 is 0 Å². The standard InChI is InChI=1S/C17H18ClN3O3/c1-23-15-16(20-9-8-19-15)24-14-3-2-10-21(11-14)17(22)12-4-6-13(18)7-5-12/h4-9,14H,2-3,10-11H2,1H3. The molecule has 0 spiro atoms. The number of hydrogen-bond acceptors (Lipinski definition) is 5. The van der Waals surface area contributed by atoms with E-state index in [1.165, 1.54) is 7.11 Å². The molecule has 0 aliphatic carbocycles. The van der Waals surface area contributed by atoms with Crippen LogP contribution in [0.4, 0.5) is 0 Å². The van der Waals surface area contributed by atoms with Crippen molar-refractivity contribution in [2.75, 3.05) is 20.2 Å². The number of carbonyl (C=O) groups is 1. The minimum Gasteiger partial charge on any atom is -0.477 e. The molecule has 24 heavy (non-hydrogen) atoms. The summed E-state index contributed by atoms with van der Waals surface area (Å²) < 4.78 is 11.0. The van der Waals surface area contributed by atoms with Gasteiger partial charge in [-0.3, -0.25) is 4.79 Å². The van der Waals surface area contributed by atoms with Crippen molar-refractivity contribution in [1.82, 2.24) is 14.9 Å². The van der Waals surface area contributed by atoms with Gasteiger partial charge in [-0.25, -0.2) is 9.97 Å². The number of benzene rings is 1. The Bertz CT molecular complexity index is 708. The molecule has 1 aliphatic heterocycles. The van der Waals surface area contributed by atoms with Crippen molar-refractivity contribution >= 4 is 17.5 Å². The Morgan fingerprint density at radius 1 is 1.21 bits per heavy atom. The Hall–Kier alpha value is -2.34. The van der Waals surface area contributed by atoms with Gasteiger partial charge in [-0.2, -0.15) is 0 Å². The summed E-state index contributed by atoms with van der Waals surface area (Å²) in [6.07, 6.45) is 4.68. The summed E-state index contributed by atoms with van der Waals surface area (Å²) in [6.45, 7) is 1.21. The van der Waals surface area contributed by atoms with Crippen LogP contribution in [0.5, 0.6) is 11.8 Å². The zero-order chi connectivity index (χ0) is 16.9. The van der Waals surface area contributed by atoms with Crippen molar-refractivity contribution in [3.05, 3.63) is 47.2 Å². The van der Waals surface area contributed by atoms with Gasteiger partial charge >= 0.3 is 0 Å². The van der Waals surface area contributed by atoms with Crippen LogP contribution >= 0.6 is 11.6 Å². The van der Waals surface area contributed by atoms with E-state index in [1.807, 2.05) is 0 Å². The third-order valence-corrected chi connectivity index (χ3v) is 4.11. The fraction of sp³-hybridized carbons (Fsp3) is 0.353. The van der Waals surface area contributed by atoms with E-state index in [-0.39, 0.29) is 12.0 Å². The molecule has 0 bridgehead atoms. The van der Waals surface area contributed by atoms with Crippen LogP contribution in [0.2, 0.25) is 5.02 Å². The lowest BCUT2D eigenvalue weighted by Gasteiger charge is -2.32. The molecule has 7 heteroatoms. The smallest absolute Gasteiger partial charge is 0.278 e. The number of methoxy groups -OCH3 is 1. The Labute approximate surface area is 145 Å². The number of piperidine rings is 1. The molecule has 1 unspecified atom stereocenters. The highest BCUT2D eigenvalue weighted by Crippen LogP contribution is 2.24. The summed E-state index contributed by atoms with van der Waals surface area (Å²) in [6, 6.07) is 6.91. The molecule has 1 atom stereocenters. The van der Waals surface area contributed by atoms with Crippen LogP contribution in [-0.4, -0.2) is 47.1 Å². The molecular weight excluding hydrogens is 330 g/mol. The first kappa shape index (κ1) is 16.5. The first-order chi connectivity index (χ1) is 11.7. The summed E-state index contributed by atoms with van der Waals surface area (Å²) in [4.78, 5) is 22.6. The minimum absolute atomic E-state index is 0.0222. The molecule has 2 heterocycles. The lowest BCUT2D eigenvalue weighted by Crippen LogP contribution is -2.44. The number of likely N-dealkylation sites (tertiary alicyclic amines) is 1. The average molecular weight is 348 g/mol. The zero-order valence-corrected chi connectivity index (χ0v) is 14.1.